The first-order valence-corrected chi connectivity index (χ1v) is 9.32. The summed E-state index contributed by atoms with van der Waals surface area (Å²) in [6.07, 6.45) is 2.74. The highest BCUT2D eigenvalue weighted by Crippen LogP contribution is 2.34. The molecule has 1 atom stereocenters. The second kappa shape index (κ2) is 6.48. The Morgan fingerprint density at radius 1 is 1.07 bits per heavy atom. The fourth-order valence-corrected chi connectivity index (χ4v) is 4.05. The maximum atomic E-state index is 14.7. The summed E-state index contributed by atoms with van der Waals surface area (Å²) in [6, 6.07) is 1.73. The van der Waals surface area contributed by atoms with E-state index in [1.165, 1.54) is 6.07 Å². The summed E-state index contributed by atoms with van der Waals surface area (Å²) in [7, 11) is 0. The molecule has 0 spiro atoms. The number of piperidine rings is 2. The summed E-state index contributed by atoms with van der Waals surface area (Å²) in [6.45, 7) is 7.31. The van der Waals surface area contributed by atoms with Crippen LogP contribution in [0, 0.1) is 11.7 Å². The molecule has 27 heavy (non-hydrogen) atoms. The van der Waals surface area contributed by atoms with Gasteiger partial charge in [-0.1, -0.05) is 13.5 Å². The largest absolute Gasteiger partial charge is 0.369 e. The second-order valence-corrected chi connectivity index (χ2v) is 7.65. The number of hydrogen-bond donors (Lipinski definition) is 1. The van der Waals surface area contributed by atoms with Gasteiger partial charge in [0.05, 0.1) is 16.8 Å². The lowest BCUT2D eigenvalue weighted by molar-refractivity contribution is -0.125. The monoisotopic (exact) mass is 371 g/mol. The van der Waals surface area contributed by atoms with Crippen LogP contribution in [0.1, 0.15) is 53.3 Å². The van der Waals surface area contributed by atoms with Crippen molar-refractivity contribution < 1.29 is 18.8 Å². The van der Waals surface area contributed by atoms with Gasteiger partial charge < -0.3 is 10.2 Å². The van der Waals surface area contributed by atoms with Crippen molar-refractivity contribution in [2.45, 2.75) is 38.6 Å². The number of anilines is 1. The number of nitrogens with zero attached hydrogens (tertiary/aromatic N) is 2. The minimum atomic E-state index is -0.884. The van der Waals surface area contributed by atoms with Crippen LogP contribution in [0.15, 0.2) is 24.4 Å². The van der Waals surface area contributed by atoms with Crippen molar-refractivity contribution in [2.24, 2.45) is 5.92 Å². The SMILES string of the molecule is C=C1CCC(N2C(=O)c3cc(F)c(N4CCC(C)CC4)cc3C2=O)C(=O)N1. The van der Waals surface area contributed by atoms with E-state index in [0.29, 0.717) is 30.1 Å². The molecule has 1 N–H and O–H groups in total. The molecular weight excluding hydrogens is 349 g/mol. The van der Waals surface area contributed by atoms with Gasteiger partial charge in [0, 0.05) is 18.8 Å². The van der Waals surface area contributed by atoms with E-state index in [0.717, 1.165) is 36.9 Å². The summed E-state index contributed by atoms with van der Waals surface area (Å²) < 4.78 is 14.7. The molecule has 2 saturated heterocycles. The van der Waals surface area contributed by atoms with E-state index >= 15 is 0 Å². The van der Waals surface area contributed by atoms with Gasteiger partial charge >= 0.3 is 0 Å². The van der Waals surface area contributed by atoms with E-state index < -0.39 is 29.6 Å². The van der Waals surface area contributed by atoms with E-state index in [1.807, 2.05) is 4.90 Å². The third kappa shape index (κ3) is 2.91. The third-order valence-corrected chi connectivity index (χ3v) is 5.74. The normalized spacial score (nSPS) is 23.7. The number of hydrogen-bond acceptors (Lipinski definition) is 4. The average molecular weight is 371 g/mol. The first kappa shape index (κ1) is 17.7. The number of halogens is 1. The van der Waals surface area contributed by atoms with Crippen LogP contribution in [0.4, 0.5) is 10.1 Å². The van der Waals surface area contributed by atoms with Crippen molar-refractivity contribution in [3.63, 3.8) is 0 Å². The maximum absolute atomic E-state index is 14.7. The van der Waals surface area contributed by atoms with E-state index in [4.69, 9.17) is 0 Å². The molecule has 1 aromatic carbocycles. The Balaban J connectivity index is 1.65. The standard InChI is InChI=1S/C20H22FN3O3/c1-11-5-7-23(8-6-11)17-10-14-13(9-15(17)21)19(26)24(20(14)27)16-4-3-12(2)22-18(16)25/h9-11,16H,2-8H2,1H3,(H,22,25). The molecular formula is C20H22FN3O3. The lowest BCUT2D eigenvalue weighted by Gasteiger charge is -2.32. The van der Waals surface area contributed by atoms with Crippen molar-refractivity contribution in [1.82, 2.24) is 10.2 Å². The van der Waals surface area contributed by atoms with Gasteiger partial charge in [0.2, 0.25) is 5.91 Å². The van der Waals surface area contributed by atoms with Gasteiger partial charge in [0.15, 0.2) is 0 Å². The van der Waals surface area contributed by atoms with Gasteiger partial charge in [-0.3, -0.25) is 19.3 Å². The fourth-order valence-electron chi connectivity index (χ4n) is 4.05. The number of benzene rings is 1. The summed E-state index contributed by atoms with van der Waals surface area (Å²) in [4.78, 5) is 40.8. The summed E-state index contributed by atoms with van der Waals surface area (Å²) in [5, 5.41) is 2.59. The van der Waals surface area contributed by atoms with E-state index in [-0.39, 0.29) is 11.1 Å². The molecule has 6 nitrogen and oxygen atoms in total. The molecule has 7 heteroatoms. The van der Waals surface area contributed by atoms with E-state index in [1.54, 1.807) is 0 Å². The first-order chi connectivity index (χ1) is 12.9. The van der Waals surface area contributed by atoms with Gasteiger partial charge in [-0.2, -0.15) is 0 Å². The van der Waals surface area contributed by atoms with Crippen LogP contribution in [0.2, 0.25) is 0 Å². The highest BCUT2D eigenvalue weighted by molar-refractivity contribution is 6.23. The lowest BCUT2D eigenvalue weighted by atomic mass is 9.98. The van der Waals surface area contributed by atoms with Gasteiger partial charge in [-0.25, -0.2) is 4.39 Å². The Labute approximate surface area is 157 Å². The highest BCUT2D eigenvalue weighted by atomic mass is 19.1. The van der Waals surface area contributed by atoms with Crippen LogP contribution in [0.5, 0.6) is 0 Å². The topological polar surface area (TPSA) is 69.7 Å². The number of rotatable bonds is 2. The Morgan fingerprint density at radius 3 is 2.33 bits per heavy atom. The Bertz CT molecular complexity index is 858. The molecule has 2 fully saturated rings. The zero-order chi connectivity index (χ0) is 19.3. The van der Waals surface area contributed by atoms with Crippen LogP contribution >= 0.6 is 0 Å². The van der Waals surface area contributed by atoms with Crippen molar-refractivity contribution in [3.8, 4) is 0 Å². The van der Waals surface area contributed by atoms with Crippen molar-refractivity contribution >= 4 is 23.4 Å². The Hall–Kier alpha value is -2.70. The molecule has 3 aliphatic heterocycles. The van der Waals surface area contributed by atoms with Crippen LogP contribution in [0.3, 0.4) is 0 Å². The first-order valence-electron chi connectivity index (χ1n) is 9.32. The van der Waals surface area contributed by atoms with Crippen LogP contribution < -0.4 is 10.2 Å². The molecule has 0 aromatic heterocycles. The second-order valence-electron chi connectivity index (χ2n) is 7.65. The predicted molar refractivity (Wildman–Crippen MR) is 97.8 cm³/mol. The van der Waals surface area contributed by atoms with E-state index in [2.05, 4.69) is 18.8 Å². The van der Waals surface area contributed by atoms with Gasteiger partial charge in [-0.15, -0.1) is 0 Å². The minimum absolute atomic E-state index is 0.0313. The number of carbonyl (C=O) groups excluding carboxylic acids is 3. The average Bonchev–Trinajstić information content (AvgIpc) is 2.86. The summed E-state index contributed by atoms with van der Waals surface area (Å²) in [5.41, 5.74) is 1.13. The van der Waals surface area contributed by atoms with Crippen LogP contribution in [-0.4, -0.2) is 41.8 Å². The molecule has 3 amide bonds. The molecule has 0 aliphatic carbocycles. The molecule has 1 aromatic rings. The predicted octanol–water partition coefficient (Wildman–Crippen LogP) is 2.45. The summed E-state index contributed by atoms with van der Waals surface area (Å²) >= 11 is 0. The van der Waals surface area contributed by atoms with E-state index in [9.17, 15) is 18.8 Å². The van der Waals surface area contributed by atoms with Crippen molar-refractivity contribution in [3.05, 3.63) is 41.4 Å². The van der Waals surface area contributed by atoms with Gasteiger partial charge in [0.25, 0.3) is 11.8 Å². The molecule has 1 unspecified atom stereocenters. The number of amides is 3. The molecule has 3 heterocycles. The zero-order valence-electron chi connectivity index (χ0n) is 15.3. The highest BCUT2D eigenvalue weighted by Gasteiger charge is 2.44. The molecule has 0 saturated carbocycles. The number of allylic oxidation sites excluding steroid dienone is 1. The van der Waals surface area contributed by atoms with Gasteiger partial charge in [0.1, 0.15) is 11.9 Å². The summed E-state index contributed by atoms with van der Waals surface area (Å²) in [5.74, 6) is -1.48. The minimum Gasteiger partial charge on any atom is -0.369 e. The van der Waals surface area contributed by atoms with Gasteiger partial charge in [-0.05, 0) is 43.7 Å². The lowest BCUT2D eigenvalue weighted by Crippen LogP contribution is -2.51. The maximum Gasteiger partial charge on any atom is 0.262 e. The number of carbonyl (C=O) groups is 3. The fraction of sp³-hybridized carbons (Fsp3) is 0.450. The zero-order valence-corrected chi connectivity index (χ0v) is 15.3. The van der Waals surface area contributed by atoms with Crippen LogP contribution in [-0.2, 0) is 4.79 Å². The molecule has 142 valence electrons. The third-order valence-electron chi connectivity index (χ3n) is 5.74. The molecule has 3 aliphatic rings. The van der Waals surface area contributed by atoms with Crippen molar-refractivity contribution in [1.29, 1.82) is 0 Å². The molecule has 0 bridgehead atoms. The van der Waals surface area contributed by atoms with Crippen molar-refractivity contribution in [2.75, 3.05) is 18.0 Å². The Morgan fingerprint density at radius 2 is 1.70 bits per heavy atom. The molecule has 4 rings (SSSR count). The number of fused-ring (bicyclic) bond motifs is 1. The Kier molecular flexibility index (Phi) is 4.25. The quantitative estimate of drug-likeness (QED) is 0.811. The molecule has 0 radical (unpaired) electrons. The number of nitrogens with one attached hydrogen (secondary N) is 1. The van der Waals surface area contributed by atoms with Crippen LogP contribution in [0.25, 0.3) is 0 Å². The number of imide groups is 1. The smallest absolute Gasteiger partial charge is 0.262 e.